The number of carbonyl (C=O) groups excluding carboxylic acids is 3. The Labute approximate surface area is 364 Å². The molecule has 1 amide bonds. The van der Waals surface area contributed by atoms with Gasteiger partial charge in [0.2, 0.25) is 5.91 Å². The van der Waals surface area contributed by atoms with Crippen LogP contribution in [-0.4, -0.2) is 130 Å². The molecule has 0 saturated carbocycles. The van der Waals surface area contributed by atoms with Crippen LogP contribution >= 0.6 is 0 Å². The molecule has 5 N–H and O–H groups in total. The molecule has 2 aromatic heterocycles. The van der Waals surface area contributed by atoms with Crippen molar-refractivity contribution in [1.29, 1.82) is 0 Å². The van der Waals surface area contributed by atoms with E-state index in [0.29, 0.717) is 40.5 Å². The molecule has 342 valence electrons. The molecule has 17 heteroatoms. The number of nitrogen functional groups attached to an aromatic ring is 1. The van der Waals surface area contributed by atoms with Crippen molar-refractivity contribution in [3.8, 4) is 11.4 Å². The van der Waals surface area contributed by atoms with Crippen molar-refractivity contribution in [1.82, 2.24) is 20.2 Å². The lowest BCUT2D eigenvalue weighted by Crippen LogP contribution is -2.59. The summed E-state index contributed by atoms with van der Waals surface area (Å²) in [5.41, 5.74) is 5.72. The van der Waals surface area contributed by atoms with Gasteiger partial charge in [-0.05, 0) is 97.7 Å². The van der Waals surface area contributed by atoms with Crippen LogP contribution in [0.3, 0.4) is 0 Å². The van der Waals surface area contributed by atoms with Crippen LogP contribution in [0.4, 0.5) is 5.82 Å². The Morgan fingerprint density at radius 1 is 1.10 bits per heavy atom. The van der Waals surface area contributed by atoms with Crippen molar-refractivity contribution in [2.24, 2.45) is 22.9 Å². The number of nitrogens with two attached hydrogens (primary N) is 1. The van der Waals surface area contributed by atoms with Crippen LogP contribution in [0, 0.1) is 17.8 Å². The topological polar surface area (TPSA) is 226 Å². The molecule has 17 nitrogen and oxygen atoms in total. The molecule has 0 aliphatic carbocycles. The second-order valence-corrected chi connectivity index (χ2v) is 17.7. The summed E-state index contributed by atoms with van der Waals surface area (Å²) in [6.45, 7) is 14.7. The molecule has 5 rings (SSSR count). The fraction of sp³-hybridized carbons (Fsp3) is 0.644. The normalized spacial score (nSPS) is 34.8. The van der Waals surface area contributed by atoms with Crippen LogP contribution < -0.4 is 11.1 Å². The Bertz CT molecular complexity index is 1960. The SMILES string of the molecule is CC[C@H]1OC(=O)[C@H](C)C(=O)[C@H](C)[C@@H](O[C@@H]2O[C@H](C)C[C@H](N(C)C)[C@H]2O)[C@@]2(C)C[C@@H](C)C(NC(C)=O)=C(C)[C@@H](OCC(=NOCc3ccc(-c4cccc(N)n4)nc3)CO2)[C@]1(C)O. The lowest BCUT2D eigenvalue weighted by Gasteiger charge is -2.47. The van der Waals surface area contributed by atoms with Crippen molar-refractivity contribution < 1.29 is 53.1 Å². The average Bonchev–Trinajstić information content (AvgIpc) is 3.23. The van der Waals surface area contributed by atoms with Crippen LogP contribution in [0.15, 0.2) is 53.0 Å². The average molecular weight is 867 g/mol. The van der Waals surface area contributed by atoms with Crippen molar-refractivity contribution in [3.05, 3.63) is 53.4 Å². The van der Waals surface area contributed by atoms with E-state index in [4.69, 9.17) is 34.3 Å². The van der Waals surface area contributed by atoms with Gasteiger partial charge < -0.3 is 54.7 Å². The summed E-state index contributed by atoms with van der Waals surface area (Å²) in [6, 6.07) is 8.61. The van der Waals surface area contributed by atoms with Crippen molar-refractivity contribution >= 4 is 29.2 Å². The van der Waals surface area contributed by atoms with Gasteiger partial charge in [-0.1, -0.05) is 38.1 Å². The predicted octanol–water partition coefficient (Wildman–Crippen LogP) is 3.95. The zero-order valence-electron chi connectivity index (χ0n) is 37.9. The number of Topliss-reactive ketones (excluding diaryl/α,β-unsaturated/α-hetero) is 1. The number of ketones is 1. The first-order valence-corrected chi connectivity index (χ1v) is 21.4. The molecule has 0 radical (unpaired) electrons. The lowest BCUT2D eigenvalue weighted by atomic mass is 9.76. The summed E-state index contributed by atoms with van der Waals surface area (Å²) in [6.07, 6.45) is -3.61. The largest absolute Gasteiger partial charge is 0.459 e. The Kier molecular flexibility index (Phi) is 16.0. The first kappa shape index (κ1) is 48.7. The number of nitrogens with one attached hydrogen (secondary N) is 1. The third kappa shape index (κ3) is 11.2. The van der Waals surface area contributed by atoms with E-state index in [-0.39, 0.29) is 56.4 Å². The zero-order chi connectivity index (χ0) is 45.7. The van der Waals surface area contributed by atoms with Crippen molar-refractivity contribution in [2.45, 2.75) is 142 Å². The summed E-state index contributed by atoms with van der Waals surface area (Å²) in [5.74, 6) is -4.15. The molecule has 5 heterocycles. The Morgan fingerprint density at radius 3 is 2.45 bits per heavy atom. The highest BCUT2D eigenvalue weighted by molar-refractivity contribution is 6.00. The number of anilines is 1. The minimum absolute atomic E-state index is 0.0212. The predicted molar refractivity (Wildman–Crippen MR) is 230 cm³/mol. The number of allylic oxidation sites excluding steroid dienone is 1. The Balaban J connectivity index is 1.63. The third-order valence-electron chi connectivity index (χ3n) is 12.3. The van der Waals surface area contributed by atoms with E-state index < -0.39 is 71.4 Å². The van der Waals surface area contributed by atoms with Crippen molar-refractivity contribution in [3.63, 3.8) is 0 Å². The number of aromatic nitrogens is 2. The smallest absolute Gasteiger partial charge is 0.316 e. The van der Waals surface area contributed by atoms with Crippen LogP contribution in [0.5, 0.6) is 0 Å². The number of carbonyl (C=O) groups is 3. The number of esters is 1. The number of nitrogens with zero attached hydrogens (tertiary/aromatic N) is 4. The number of amides is 1. The van der Waals surface area contributed by atoms with E-state index in [2.05, 4.69) is 20.4 Å². The van der Waals surface area contributed by atoms with Crippen molar-refractivity contribution in [2.75, 3.05) is 33.0 Å². The van der Waals surface area contributed by atoms with Gasteiger partial charge in [-0.15, -0.1) is 0 Å². The molecular weight excluding hydrogens is 801 g/mol. The number of rotatable bonds is 9. The molecule has 1 fully saturated rings. The summed E-state index contributed by atoms with van der Waals surface area (Å²) >= 11 is 0. The summed E-state index contributed by atoms with van der Waals surface area (Å²) in [5, 5.41) is 31.6. The van der Waals surface area contributed by atoms with Crippen LogP contribution in [0.1, 0.15) is 87.1 Å². The summed E-state index contributed by atoms with van der Waals surface area (Å²) in [4.78, 5) is 58.0. The summed E-state index contributed by atoms with van der Waals surface area (Å²) in [7, 11) is 3.73. The molecule has 2 aromatic rings. The van der Waals surface area contributed by atoms with E-state index in [1.165, 1.54) is 20.8 Å². The van der Waals surface area contributed by atoms with Crippen LogP contribution in [-0.2, 0) is 49.5 Å². The van der Waals surface area contributed by atoms with Crippen LogP contribution in [0.25, 0.3) is 11.4 Å². The fourth-order valence-corrected chi connectivity index (χ4v) is 8.89. The highest BCUT2D eigenvalue weighted by atomic mass is 16.7. The van der Waals surface area contributed by atoms with E-state index in [0.717, 1.165) is 0 Å². The first-order chi connectivity index (χ1) is 29.2. The summed E-state index contributed by atoms with van der Waals surface area (Å²) < 4.78 is 32.5. The molecular formula is C45H66N6O11. The van der Waals surface area contributed by atoms with E-state index in [1.54, 1.807) is 52.1 Å². The molecule has 12 atom stereocenters. The zero-order valence-corrected chi connectivity index (χ0v) is 37.9. The number of aliphatic hydroxyl groups is 2. The van der Waals surface area contributed by atoms with Gasteiger partial charge in [0, 0.05) is 36.3 Å². The van der Waals surface area contributed by atoms with Gasteiger partial charge in [0.25, 0.3) is 0 Å². The maximum absolute atomic E-state index is 14.5. The third-order valence-corrected chi connectivity index (χ3v) is 12.3. The minimum Gasteiger partial charge on any atom is -0.459 e. The highest BCUT2D eigenvalue weighted by Crippen LogP contribution is 2.40. The standard InChI is InChI=1S/C45H66N6O11/c1-12-35-45(9,56)41-26(4)37(48-29(7)52)24(2)19-44(8,40(27(5)38(53)28(6)42(55)61-35)62-43-39(54)34(51(10)11)18-25(3)60-43)58-23-31(22-57-41)50-59-21-30-16-17-32(47-20-30)33-14-13-15-36(46)49-33/h13-17,20,24-25,27-28,34-35,39-41,43,54,56H,12,18-19,21-23H2,1-11H3,(H2,46,49)(H,48,52)/t24-,25-,27+,28-,34+,35-,39-,40-,41-,43+,44-,45-/m1/s1. The highest BCUT2D eigenvalue weighted by Gasteiger charge is 2.52. The second kappa shape index (κ2) is 20.4. The quantitative estimate of drug-likeness (QED) is 0.159. The molecule has 62 heavy (non-hydrogen) atoms. The molecule has 1 saturated heterocycles. The number of oxime groups is 1. The number of fused-ring (bicyclic) bond motifs is 4. The van der Waals surface area contributed by atoms with Gasteiger partial charge in [0.15, 0.2) is 12.1 Å². The van der Waals surface area contributed by atoms with E-state index in [1.807, 2.05) is 45.0 Å². The molecule has 0 aromatic carbocycles. The molecule has 3 aliphatic heterocycles. The minimum atomic E-state index is -1.88. The lowest BCUT2D eigenvalue weighted by molar-refractivity contribution is -0.296. The number of hydrogen-bond acceptors (Lipinski definition) is 16. The number of ether oxygens (including phenoxy) is 5. The first-order valence-electron chi connectivity index (χ1n) is 21.4. The number of aliphatic hydroxyl groups excluding tert-OH is 1. The van der Waals surface area contributed by atoms with E-state index in [9.17, 15) is 24.6 Å². The van der Waals surface area contributed by atoms with Gasteiger partial charge in [0.1, 0.15) is 48.0 Å². The maximum atomic E-state index is 14.5. The number of likely N-dealkylation sites (N-methyl/N-ethyl adjacent to an activating group) is 1. The fourth-order valence-electron chi connectivity index (χ4n) is 8.89. The van der Waals surface area contributed by atoms with Gasteiger partial charge in [-0.25, -0.2) is 4.98 Å². The number of hydrogen-bond donors (Lipinski definition) is 4. The van der Waals surface area contributed by atoms with Crippen LogP contribution in [0.2, 0.25) is 0 Å². The second-order valence-electron chi connectivity index (χ2n) is 17.7. The van der Waals surface area contributed by atoms with Gasteiger partial charge >= 0.3 is 5.97 Å². The molecule has 0 unspecified atom stereocenters. The van der Waals surface area contributed by atoms with Gasteiger partial charge in [0.05, 0.1) is 42.4 Å². The molecule has 2 bridgehead atoms. The van der Waals surface area contributed by atoms with E-state index >= 15 is 0 Å². The van der Waals surface area contributed by atoms with Gasteiger partial charge in [-0.2, -0.15) is 0 Å². The molecule has 0 spiro atoms. The Hall–Kier alpha value is -4.36. The maximum Gasteiger partial charge on any atom is 0.316 e. The Morgan fingerprint density at radius 2 is 1.82 bits per heavy atom. The molecule has 3 aliphatic rings. The monoisotopic (exact) mass is 866 g/mol. The number of pyridine rings is 2. The number of cyclic esters (lactones) is 1. The van der Waals surface area contributed by atoms with Gasteiger partial charge in [-0.3, -0.25) is 19.4 Å².